The highest BCUT2D eigenvalue weighted by Gasteiger charge is 2.20. The fourth-order valence-electron chi connectivity index (χ4n) is 2.64. The first kappa shape index (κ1) is 14.8. The van der Waals surface area contributed by atoms with E-state index in [0.29, 0.717) is 11.0 Å². The number of hydrogen-bond acceptors (Lipinski definition) is 7. The number of anilines is 2. The van der Waals surface area contributed by atoms with Crippen LogP contribution in [0.5, 0.6) is 0 Å². The summed E-state index contributed by atoms with van der Waals surface area (Å²) in [6, 6.07) is 3.81. The Bertz CT molecular complexity index is 797. The lowest BCUT2D eigenvalue weighted by molar-refractivity contribution is 0.633. The molecular weight excluding hydrogens is 328 g/mol. The van der Waals surface area contributed by atoms with Gasteiger partial charge in [0.15, 0.2) is 5.82 Å². The molecule has 0 radical (unpaired) electrons. The summed E-state index contributed by atoms with van der Waals surface area (Å²) in [5.74, 6) is 2.36. The molecular formula is C15H15ClN8. The van der Waals surface area contributed by atoms with Crippen LogP contribution < -0.4 is 9.80 Å². The first-order chi connectivity index (χ1) is 11.8. The van der Waals surface area contributed by atoms with Gasteiger partial charge < -0.3 is 9.80 Å². The zero-order valence-electron chi connectivity index (χ0n) is 12.8. The van der Waals surface area contributed by atoms with E-state index in [2.05, 4.69) is 34.8 Å². The number of halogens is 1. The lowest BCUT2D eigenvalue weighted by Gasteiger charge is -2.35. The minimum atomic E-state index is 0.546. The van der Waals surface area contributed by atoms with Gasteiger partial charge in [-0.05, 0) is 6.07 Å². The number of rotatable bonds is 3. The summed E-state index contributed by atoms with van der Waals surface area (Å²) in [7, 11) is 0. The maximum atomic E-state index is 5.84. The third kappa shape index (κ3) is 3.00. The van der Waals surface area contributed by atoms with Gasteiger partial charge in [0.2, 0.25) is 5.95 Å². The van der Waals surface area contributed by atoms with Crippen LogP contribution in [0.2, 0.25) is 5.02 Å². The monoisotopic (exact) mass is 342 g/mol. The molecule has 0 bridgehead atoms. The summed E-state index contributed by atoms with van der Waals surface area (Å²) < 4.78 is 1.73. The number of nitrogens with zero attached hydrogens (tertiary/aromatic N) is 8. The van der Waals surface area contributed by atoms with Crippen molar-refractivity contribution in [3.8, 4) is 5.82 Å². The molecule has 122 valence electrons. The van der Waals surface area contributed by atoms with E-state index in [4.69, 9.17) is 11.6 Å². The highest BCUT2D eigenvalue weighted by atomic mass is 35.5. The third-order valence-corrected chi connectivity index (χ3v) is 4.07. The summed E-state index contributed by atoms with van der Waals surface area (Å²) in [5, 5.41) is 4.75. The number of piperazine rings is 1. The average Bonchev–Trinajstić information content (AvgIpc) is 3.17. The van der Waals surface area contributed by atoms with Crippen molar-refractivity contribution < 1.29 is 0 Å². The summed E-state index contributed by atoms with van der Waals surface area (Å²) in [4.78, 5) is 21.6. The van der Waals surface area contributed by atoms with Crippen molar-refractivity contribution in [3.63, 3.8) is 0 Å². The van der Waals surface area contributed by atoms with E-state index >= 15 is 0 Å². The standard InChI is InChI=1S/C15H15ClN8/c16-12-9-17-15(18-10-12)23-6-4-22(5-7-23)13-8-14(20-11-19-13)24-3-1-2-21-24/h1-3,8-11H,4-7H2. The molecule has 0 amide bonds. The van der Waals surface area contributed by atoms with Gasteiger partial charge in [-0.15, -0.1) is 0 Å². The van der Waals surface area contributed by atoms with Crippen LogP contribution in [0.4, 0.5) is 11.8 Å². The fraction of sp³-hybridized carbons (Fsp3) is 0.267. The topological polar surface area (TPSA) is 75.9 Å². The lowest BCUT2D eigenvalue weighted by atomic mass is 10.3. The van der Waals surface area contributed by atoms with Gasteiger partial charge in [0.25, 0.3) is 0 Å². The fourth-order valence-corrected chi connectivity index (χ4v) is 2.74. The predicted molar refractivity (Wildman–Crippen MR) is 90.6 cm³/mol. The van der Waals surface area contributed by atoms with E-state index in [1.165, 1.54) is 0 Å². The SMILES string of the molecule is Clc1cnc(N2CCN(c3cc(-n4cccn4)ncn3)CC2)nc1. The molecule has 1 saturated heterocycles. The normalized spacial score (nSPS) is 14.9. The predicted octanol–water partition coefficient (Wildman–Crippen LogP) is 1.43. The molecule has 24 heavy (non-hydrogen) atoms. The van der Waals surface area contributed by atoms with E-state index in [1.54, 1.807) is 29.6 Å². The molecule has 0 spiro atoms. The van der Waals surface area contributed by atoms with E-state index in [-0.39, 0.29) is 0 Å². The van der Waals surface area contributed by atoms with Gasteiger partial charge in [0.05, 0.1) is 17.4 Å². The van der Waals surface area contributed by atoms with Gasteiger partial charge >= 0.3 is 0 Å². The van der Waals surface area contributed by atoms with Crippen LogP contribution in [-0.4, -0.2) is 55.9 Å². The van der Waals surface area contributed by atoms with Crippen molar-refractivity contribution in [3.05, 3.63) is 48.3 Å². The van der Waals surface area contributed by atoms with Crippen LogP contribution in [0.3, 0.4) is 0 Å². The first-order valence-electron chi connectivity index (χ1n) is 7.59. The lowest BCUT2D eigenvalue weighted by Crippen LogP contribution is -2.47. The Labute approximate surface area is 143 Å². The average molecular weight is 343 g/mol. The smallest absolute Gasteiger partial charge is 0.225 e. The van der Waals surface area contributed by atoms with Crippen molar-refractivity contribution in [1.29, 1.82) is 0 Å². The van der Waals surface area contributed by atoms with Crippen LogP contribution in [0, 0.1) is 0 Å². The summed E-state index contributed by atoms with van der Waals surface area (Å²) in [5.41, 5.74) is 0. The molecule has 8 nitrogen and oxygen atoms in total. The van der Waals surface area contributed by atoms with E-state index in [9.17, 15) is 0 Å². The molecule has 9 heteroatoms. The van der Waals surface area contributed by atoms with Gasteiger partial charge in [-0.3, -0.25) is 0 Å². The number of hydrogen-bond donors (Lipinski definition) is 0. The zero-order chi connectivity index (χ0) is 16.4. The van der Waals surface area contributed by atoms with Crippen LogP contribution in [0.25, 0.3) is 5.82 Å². The van der Waals surface area contributed by atoms with Crippen LogP contribution in [0.15, 0.2) is 43.2 Å². The molecule has 1 aliphatic rings. The second-order valence-electron chi connectivity index (χ2n) is 5.36. The highest BCUT2D eigenvalue weighted by molar-refractivity contribution is 6.30. The molecule has 1 fully saturated rings. The maximum Gasteiger partial charge on any atom is 0.225 e. The minimum absolute atomic E-state index is 0.546. The van der Waals surface area contributed by atoms with Gasteiger partial charge in [0, 0.05) is 44.6 Å². The Morgan fingerprint density at radius 2 is 1.58 bits per heavy atom. The van der Waals surface area contributed by atoms with Gasteiger partial charge in [0.1, 0.15) is 12.1 Å². The van der Waals surface area contributed by atoms with Gasteiger partial charge in [-0.25, -0.2) is 24.6 Å². The Balaban J connectivity index is 1.46. The van der Waals surface area contributed by atoms with Crippen molar-refractivity contribution in [2.24, 2.45) is 0 Å². The molecule has 0 aliphatic carbocycles. The van der Waals surface area contributed by atoms with E-state index in [1.807, 2.05) is 18.3 Å². The second-order valence-corrected chi connectivity index (χ2v) is 5.80. The van der Waals surface area contributed by atoms with Crippen LogP contribution >= 0.6 is 11.6 Å². The molecule has 0 N–H and O–H groups in total. The molecule has 4 rings (SSSR count). The molecule has 1 aliphatic heterocycles. The second kappa shape index (κ2) is 6.40. The van der Waals surface area contributed by atoms with E-state index in [0.717, 1.165) is 37.8 Å². The van der Waals surface area contributed by atoms with Crippen LogP contribution in [-0.2, 0) is 0 Å². The molecule has 0 aromatic carbocycles. The molecule has 3 aromatic heterocycles. The largest absolute Gasteiger partial charge is 0.353 e. The van der Waals surface area contributed by atoms with Crippen molar-refractivity contribution in [2.75, 3.05) is 36.0 Å². The minimum Gasteiger partial charge on any atom is -0.353 e. The molecule has 3 aromatic rings. The van der Waals surface area contributed by atoms with Crippen molar-refractivity contribution >= 4 is 23.4 Å². The zero-order valence-corrected chi connectivity index (χ0v) is 13.6. The maximum absolute atomic E-state index is 5.84. The van der Waals surface area contributed by atoms with Crippen molar-refractivity contribution in [2.45, 2.75) is 0 Å². The first-order valence-corrected chi connectivity index (χ1v) is 7.97. The third-order valence-electron chi connectivity index (χ3n) is 3.87. The number of aromatic nitrogens is 6. The van der Waals surface area contributed by atoms with Gasteiger partial charge in [-0.2, -0.15) is 5.10 Å². The van der Waals surface area contributed by atoms with Gasteiger partial charge in [-0.1, -0.05) is 11.6 Å². The molecule has 0 saturated carbocycles. The summed E-state index contributed by atoms with van der Waals surface area (Å²) in [6.45, 7) is 3.31. The highest BCUT2D eigenvalue weighted by Crippen LogP contribution is 2.18. The Morgan fingerprint density at radius 3 is 2.29 bits per heavy atom. The summed E-state index contributed by atoms with van der Waals surface area (Å²) >= 11 is 5.84. The quantitative estimate of drug-likeness (QED) is 0.712. The van der Waals surface area contributed by atoms with Crippen molar-refractivity contribution in [1.82, 2.24) is 29.7 Å². The molecule has 4 heterocycles. The van der Waals surface area contributed by atoms with E-state index < -0.39 is 0 Å². The summed E-state index contributed by atoms with van der Waals surface area (Å²) in [6.07, 6.45) is 8.41. The Morgan fingerprint density at radius 1 is 0.875 bits per heavy atom. The molecule has 0 unspecified atom stereocenters. The Kier molecular flexibility index (Phi) is 3.96. The Hall–Kier alpha value is -2.74. The molecule has 0 atom stereocenters. The van der Waals surface area contributed by atoms with Crippen LogP contribution in [0.1, 0.15) is 0 Å².